The summed E-state index contributed by atoms with van der Waals surface area (Å²) in [5, 5.41) is 14.4. The van der Waals surface area contributed by atoms with Crippen LogP contribution in [0.2, 0.25) is 0 Å². The van der Waals surface area contributed by atoms with Crippen molar-refractivity contribution in [1.82, 2.24) is 10.6 Å². The molecule has 3 N–H and O–H groups in total. The molecule has 0 radical (unpaired) electrons. The van der Waals surface area contributed by atoms with Crippen LogP contribution < -0.4 is 10.6 Å². The highest BCUT2D eigenvalue weighted by molar-refractivity contribution is 5.79. The second-order valence-electron chi connectivity index (χ2n) is 4.17. The molecule has 1 aliphatic rings. The van der Waals surface area contributed by atoms with Crippen LogP contribution in [0.3, 0.4) is 0 Å². The first-order valence-corrected chi connectivity index (χ1v) is 5.28. The van der Waals surface area contributed by atoms with Gasteiger partial charge in [0, 0.05) is 12.6 Å². The Morgan fingerprint density at radius 2 is 2.20 bits per heavy atom. The van der Waals surface area contributed by atoms with Gasteiger partial charge in [-0.05, 0) is 26.7 Å². The standard InChI is InChI=1S/C10H18N2O3/c1-3-11-9(15)12-7-5-4-6-10(7,2)8(13)14/h7H,3-6H2,1-2H3,(H,13,14)(H2,11,12,15). The van der Waals surface area contributed by atoms with Gasteiger partial charge in [-0.15, -0.1) is 0 Å². The average molecular weight is 214 g/mol. The van der Waals surface area contributed by atoms with E-state index in [1.807, 2.05) is 6.92 Å². The Bertz CT molecular complexity index is 267. The molecule has 0 aromatic rings. The van der Waals surface area contributed by atoms with E-state index in [0.29, 0.717) is 13.0 Å². The molecular formula is C10H18N2O3. The van der Waals surface area contributed by atoms with Gasteiger partial charge < -0.3 is 15.7 Å². The molecule has 15 heavy (non-hydrogen) atoms. The van der Waals surface area contributed by atoms with Crippen molar-refractivity contribution in [3.8, 4) is 0 Å². The van der Waals surface area contributed by atoms with Crippen LogP contribution in [-0.2, 0) is 4.79 Å². The summed E-state index contributed by atoms with van der Waals surface area (Å²) in [6.45, 7) is 4.06. The van der Waals surface area contributed by atoms with Crippen molar-refractivity contribution in [3.05, 3.63) is 0 Å². The third-order valence-electron chi connectivity index (χ3n) is 3.09. The van der Waals surface area contributed by atoms with Gasteiger partial charge in [-0.1, -0.05) is 6.42 Å². The summed E-state index contributed by atoms with van der Waals surface area (Å²) in [6, 6.07) is -0.543. The zero-order valence-electron chi connectivity index (χ0n) is 9.17. The highest BCUT2D eigenvalue weighted by Crippen LogP contribution is 2.38. The molecule has 1 aliphatic carbocycles. The number of urea groups is 1. The van der Waals surface area contributed by atoms with Gasteiger partial charge in [0.2, 0.25) is 0 Å². The predicted octanol–water partition coefficient (Wildman–Crippen LogP) is 0.949. The first kappa shape index (κ1) is 11.8. The fraction of sp³-hybridized carbons (Fsp3) is 0.800. The number of carbonyl (C=O) groups is 2. The predicted molar refractivity (Wildman–Crippen MR) is 55.6 cm³/mol. The summed E-state index contributed by atoms with van der Waals surface area (Å²) < 4.78 is 0. The fourth-order valence-corrected chi connectivity index (χ4v) is 2.02. The molecule has 86 valence electrons. The number of carboxylic acids is 1. The second-order valence-corrected chi connectivity index (χ2v) is 4.17. The highest BCUT2D eigenvalue weighted by Gasteiger charge is 2.45. The Morgan fingerprint density at radius 1 is 1.53 bits per heavy atom. The minimum absolute atomic E-state index is 0.262. The van der Waals surface area contributed by atoms with Gasteiger partial charge in [0.25, 0.3) is 0 Å². The van der Waals surface area contributed by atoms with E-state index in [-0.39, 0.29) is 12.1 Å². The summed E-state index contributed by atoms with van der Waals surface area (Å²) in [5.74, 6) is -0.832. The van der Waals surface area contributed by atoms with Crippen molar-refractivity contribution < 1.29 is 14.7 Å². The van der Waals surface area contributed by atoms with E-state index in [2.05, 4.69) is 10.6 Å². The van der Waals surface area contributed by atoms with Crippen LogP contribution in [0.5, 0.6) is 0 Å². The molecule has 2 unspecified atom stereocenters. The van der Waals surface area contributed by atoms with E-state index in [0.717, 1.165) is 12.8 Å². The Hall–Kier alpha value is -1.26. The number of carbonyl (C=O) groups excluding carboxylic acids is 1. The molecule has 0 bridgehead atoms. The molecule has 1 fully saturated rings. The number of carboxylic acid groups (broad SMARTS) is 1. The first-order valence-electron chi connectivity index (χ1n) is 5.28. The fourth-order valence-electron chi connectivity index (χ4n) is 2.02. The van der Waals surface area contributed by atoms with Crippen LogP contribution in [0.25, 0.3) is 0 Å². The minimum atomic E-state index is -0.832. The lowest BCUT2D eigenvalue weighted by Gasteiger charge is -2.27. The van der Waals surface area contributed by atoms with Crippen molar-refractivity contribution in [1.29, 1.82) is 0 Å². The van der Waals surface area contributed by atoms with Gasteiger partial charge in [-0.25, -0.2) is 4.79 Å². The molecule has 2 amide bonds. The Labute approximate surface area is 89.2 Å². The van der Waals surface area contributed by atoms with Crippen molar-refractivity contribution >= 4 is 12.0 Å². The van der Waals surface area contributed by atoms with Gasteiger partial charge in [-0.2, -0.15) is 0 Å². The monoisotopic (exact) mass is 214 g/mol. The topological polar surface area (TPSA) is 78.4 Å². The highest BCUT2D eigenvalue weighted by atomic mass is 16.4. The molecule has 0 aromatic heterocycles. The summed E-state index contributed by atoms with van der Waals surface area (Å²) in [6.07, 6.45) is 2.21. The van der Waals surface area contributed by atoms with Crippen molar-refractivity contribution in [3.63, 3.8) is 0 Å². The lowest BCUT2D eigenvalue weighted by Crippen LogP contribution is -2.50. The maximum absolute atomic E-state index is 11.3. The molecule has 5 heteroatoms. The van der Waals surface area contributed by atoms with Crippen molar-refractivity contribution in [2.24, 2.45) is 5.41 Å². The number of rotatable bonds is 3. The molecule has 0 saturated heterocycles. The summed E-state index contributed by atoms with van der Waals surface area (Å²) in [4.78, 5) is 22.4. The molecule has 0 aliphatic heterocycles. The maximum atomic E-state index is 11.3. The molecule has 0 spiro atoms. The van der Waals surface area contributed by atoms with Crippen LogP contribution in [0.15, 0.2) is 0 Å². The van der Waals surface area contributed by atoms with Crippen molar-refractivity contribution in [2.75, 3.05) is 6.54 Å². The van der Waals surface area contributed by atoms with E-state index in [1.54, 1.807) is 6.92 Å². The quantitative estimate of drug-likeness (QED) is 0.654. The lowest BCUT2D eigenvalue weighted by atomic mass is 9.85. The SMILES string of the molecule is CCNC(=O)NC1CCCC1(C)C(=O)O. The third-order valence-corrected chi connectivity index (χ3v) is 3.09. The minimum Gasteiger partial charge on any atom is -0.481 e. The van der Waals surface area contributed by atoms with Crippen molar-refractivity contribution in [2.45, 2.75) is 39.2 Å². The van der Waals surface area contributed by atoms with Crippen LogP contribution in [0.1, 0.15) is 33.1 Å². The Balaban J connectivity index is 2.61. The lowest BCUT2D eigenvalue weighted by molar-refractivity contribution is -0.148. The largest absolute Gasteiger partial charge is 0.481 e. The van der Waals surface area contributed by atoms with Crippen LogP contribution >= 0.6 is 0 Å². The van der Waals surface area contributed by atoms with Gasteiger partial charge in [0.1, 0.15) is 0 Å². The Morgan fingerprint density at radius 3 is 2.73 bits per heavy atom. The number of nitrogens with one attached hydrogen (secondary N) is 2. The molecule has 0 heterocycles. The van der Waals surface area contributed by atoms with E-state index >= 15 is 0 Å². The molecule has 0 aromatic carbocycles. The third kappa shape index (κ3) is 2.40. The average Bonchev–Trinajstić information content (AvgIpc) is 2.50. The Kier molecular flexibility index (Phi) is 3.55. The summed E-state index contributed by atoms with van der Waals surface area (Å²) in [5.41, 5.74) is -0.814. The van der Waals surface area contributed by atoms with Gasteiger partial charge in [0.05, 0.1) is 5.41 Å². The number of hydrogen-bond donors (Lipinski definition) is 3. The van der Waals surface area contributed by atoms with Crippen LogP contribution in [0, 0.1) is 5.41 Å². The van der Waals surface area contributed by atoms with E-state index in [1.165, 1.54) is 0 Å². The molecule has 1 rings (SSSR count). The van der Waals surface area contributed by atoms with Crippen LogP contribution in [-0.4, -0.2) is 29.7 Å². The number of aliphatic carboxylic acids is 1. The molecule has 2 atom stereocenters. The van der Waals surface area contributed by atoms with Gasteiger partial charge in [0.15, 0.2) is 0 Å². The summed E-state index contributed by atoms with van der Waals surface area (Å²) in [7, 11) is 0. The number of amides is 2. The van der Waals surface area contributed by atoms with E-state index in [9.17, 15) is 9.59 Å². The molecule has 5 nitrogen and oxygen atoms in total. The second kappa shape index (κ2) is 4.51. The maximum Gasteiger partial charge on any atom is 0.315 e. The first-order chi connectivity index (χ1) is 7.00. The molecular weight excluding hydrogens is 196 g/mol. The van der Waals surface area contributed by atoms with Gasteiger partial charge >= 0.3 is 12.0 Å². The summed E-state index contributed by atoms with van der Waals surface area (Å²) >= 11 is 0. The zero-order valence-corrected chi connectivity index (χ0v) is 9.17. The number of hydrogen-bond acceptors (Lipinski definition) is 2. The van der Waals surface area contributed by atoms with E-state index in [4.69, 9.17) is 5.11 Å². The van der Waals surface area contributed by atoms with Crippen LogP contribution in [0.4, 0.5) is 4.79 Å². The van der Waals surface area contributed by atoms with Gasteiger partial charge in [-0.3, -0.25) is 4.79 Å². The normalized spacial score (nSPS) is 29.9. The molecule has 1 saturated carbocycles. The smallest absolute Gasteiger partial charge is 0.315 e. The van der Waals surface area contributed by atoms with E-state index < -0.39 is 11.4 Å². The zero-order chi connectivity index (χ0) is 11.5.